The van der Waals surface area contributed by atoms with Crippen molar-refractivity contribution in [2.45, 2.75) is 0 Å². The average molecular weight is 359 g/mol. The number of hydrogen-bond donors (Lipinski definition) is 3. The van der Waals surface area contributed by atoms with Crippen LogP contribution in [0.25, 0.3) is 22.2 Å². The number of benzene rings is 2. The number of hydrazone groups is 1. The summed E-state index contributed by atoms with van der Waals surface area (Å²) in [6, 6.07) is 16.6. The molecule has 27 heavy (non-hydrogen) atoms. The number of aromatic hydroxyl groups is 1. The van der Waals surface area contributed by atoms with Crippen LogP contribution in [0.2, 0.25) is 0 Å². The molecule has 0 atom stereocenters. The summed E-state index contributed by atoms with van der Waals surface area (Å²) in [6.07, 6.45) is 3.34. The molecule has 0 aliphatic carbocycles. The van der Waals surface area contributed by atoms with E-state index in [-0.39, 0.29) is 5.75 Å². The minimum absolute atomic E-state index is 0.0965. The van der Waals surface area contributed by atoms with E-state index in [1.165, 1.54) is 6.21 Å². The Morgan fingerprint density at radius 1 is 1.22 bits per heavy atom. The van der Waals surface area contributed by atoms with Gasteiger partial charge in [0, 0.05) is 18.8 Å². The van der Waals surface area contributed by atoms with E-state index in [2.05, 4.69) is 20.7 Å². The quantitative estimate of drug-likeness (QED) is 0.386. The second-order valence-corrected chi connectivity index (χ2v) is 6.09. The Morgan fingerprint density at radius 2 is 2.07 bits per heavy atom. The van der Waals surface area contributed by atoms with Crippen molar-refractivity contribution in [3.05, 3.63) is 72.1 Å². The van der Waals surface area contributed by atoms with E-state index in [1.807, 2.05) is 60.3 Å². The molecule has 7 heteroatoms. The first-order valence-electron chi connectivity index (χ1n) is 8.35. The summed E-state index contributed by atoms with van der Waals surface area (Å²) in [4.78, 5) is 12.3. The molecule has 0 radical (unpaired) electrons. The number of rotatable bonds is 4. The maximum Gasteiger partial charge on any atom is 0.289 e. The first-order chi connectivity index (χ1) is 13.1. The standard InChI is InChI=1S/C20H17N5O2/c1-25-10-4-7-18(25)16-11-17(23-22-16)20(27)24-21-12-15-14-6-3-2-5-13(14)8-9-19(15)26/h2-12,26H,1H3,(H,22,23)(H,24,27). The zero-order valence-corrected chi connectivity index (χ0v) is 14.5. The highest BCUT2D eigenvalue weighted by Gasteiger charge is 2.12. The van der Waals surface area contributed by atoms with Gasteiger partial charge in [-0.3, -0.25) is 9.89 Å². The predicted molar refractivity (Wildman–Crippen MR) is 104 cm³/mol. The number of aromatic nitrogens is 3. The topological polar surface area (TPSA) is 95.3 Å². The molecule has 0 aliphatic rings. The number of nitrogens with one attached hydrogen (secondary N) is 2. The zero-order chi connectivity index (χ0) is 18.8. The summed E-state index contributed by atoms with van der Waals surface area (Å²) in [5.41, 5.74) is 4.86. The third-order valence-electron chi connectivity index (χ3n) is 4.34. The third-order valence-corrected chi connectivity index (χ3v) is 4.34. The highest BCUT2D eigenvalue weighted by Crippen LogP contribution is 2.25. The highest BCUT2D eigenvalue weighted by atomic mass is 16.3. The lowest BCUT2D eigenvalue weighted by Gasteiger charge is -2.04. The molecule has 4 aromatic rings. The highest BCUT2D eigenvalue weighted by molar-refractivity contribution is 6.03. The van der Waals surface area contributed by atoms with E-state index in [4.69, 9.17) is 0 Å². The van der Waals surface area contributed by atoms with Crippen molar-refractivity contribution >= 4 is 22.9 Å². The molecule has 0 saturated carbocycles. The molecule has 7 nitrogen and oxygen atoms in total. The van der Waals surface area contributed by atoms with Gasteiger partial charge in [-0.25, -0.2) is 5.43 Å². The van der Waals surface area contributed by atoms with Gasteiger partial charge in [0.1, 0.15) is 17.1 Å². The molecule has 0 aliphatic heterocycles. The van der Waals surface area contributed by atoms with Gasteiger partial charge in [-0.2, -0.15) is 10.2 Å². The Kier molecular flexibility index (Phi) is 4.18. The fraction of sp³-hybridized carbons (Fsp3) is 0.0500. The van der Waals surface area contributed by atoms with Crippen molar-refractivity contribution < 1.29 is 9.90 Å². The van der Waals surface area contributed by atoms with Crippen LogP contribution in [0.5, 0.6) is 5.75 Å². The Bertz CT molecular complexity index is 1160. The molecular weight excluding hydrogens is 342 g/mol. The lowest BCUT2D eigenvalue weighted by Crippen LogP contribution is -2.18. The Balaban J connectivity index is 1.53. The van der Waals surface area contributed by atoms with Gasteiger partial charge in [-0.15, -0.1) is 0 Å². The minimum atomic E-state index is -0.418. The largest absolute Gasteiger partial charge is 0.507 e. The Morgan fingerprint density at radius 3 is 2.89 bits per heavy atom. The molecule has 3 N–H and O–H groups in total. The first-order valence-corrected chi connectivity index (χ1v) is 8.35. The van der Waals surface area contributed by atoms with Crippen LogP contribution < -0.4 is 5.43 Å². The molecule has 0 unspecified atom stereocenters. The van der Waals surface area contributed by atoms with Crippen molar-refractivity contribution in [3.63, 3.8) is 0 Å². The summed E-state index contributed by atoms with van der Waals surface area (Å²) in [6.45, 7) is 0. The molecule has 1 amide bonds. The van der Waals surface area contributed by atoms with E-state index in [0.717, 1.165) is 16.5 Å². The zero-order valence-electron chi connectivity index (χ0n) is 14.5. The van der Waals surface area contributed by atoms with Crippen LogP contribution in [-0.4, -0.2) is 32.0 Å². The van der Waals surface area contributed by atoms with Gasteiger partial charge < -0.3 is 9.67 Å². The van der Waals surface area contributed by atoms with Gasteiger partial charge in [0.25, 0.3) is 5.91 Å². The third kappa shape index (κ3) is 3.18. The second kappa shape index (κ2) is 6.80. The fourth-order valence-corrected chi connectivity index (χ4v) is 2.93. The van der Waals surface area contributed by atoms with Crippen LogP contribution >= 0.6 is 0 Å². The smallest absolute Gasteiger partial charge is 0.289 e. The monoisotopic (exact) mass is 359 g/mol. The number of carbonyl (C=O) groups excluding carboxylic acids is 1. The van der Waals surface area contributed by atoms with Gasteiger partial charge in [-0.05, 0) is 35.0 Å². The van der Waals surface area contributed by atoms with E-state index in [0.29, 0.717) is 17.0 Å². The number of phenolic OH excluding ortho intramolecular Hbond substituents is 1. The van der Waals surface area contributed by atoms with Gasteiger partial charge in [0.05, 0.1) is 11.9 Å². The number of aryl methyl sites for hydroxylation is 1. The SMILES string of the molecule is Cn1cccc1-c1cc(C(=O)NN=Cc2c(O)ccc3ccccc23)[nH]n1. The molecule has 2 heterocycles. The summed E-state index contributed by atoms with van der Waals surface area (Å²) in [5.74, 6) is -0.321. The normalized spacial score (nSPS) is 11.3. The maximum absolute atomic E-state index is 12.3. The lowest BCUT2D eigenvalue weighted by molar-refractivity contribution is 0.0950. The molecule has 2 aromatic carbocycles. The van der Waals surface area contributed by atoms with Crippen LogP contribution in [0.3, 0.4) is 0 Å². The van der Waals surface area contributed by atoms with Gasteiger partial charge in [0.2, 0.25) is 0 Å². The predicted octanol–water partition coefficient (Wildman–Crippen LogP) is 3.04. The van der Waals surface area contributed by atoms with E-state index < -0.39 is 5.91 Å². The number of aromatic amines is 1. The summed E-state index contributed by atoms with van der Waals surface area (Å²) in [7, 11) is 1.91. The van der Waals surface area contributed by atoms with E-state index in [1.54, 1.807) is 12.1 Å². The first kappa shape index (κ1) is 16.6. The molecular formula is C20H17N5O2. The maximum atomic E-state index is 12.3. The van der Waals surface area contributed by atoms with Crippen molar-refractivity contribution in [2.75, 3.05) is 0 Å². The minimum Gasteiger partial charge on any atom is -0.507 e. The molecule has 2 aromatic heterocycles. The van der Waals surface area contributed by atoms with Crippen LogP contribution in [-0.2, 0) is 7.05 Å². The lowest BCUT2D eigenvalue weighted by atomic mass is 10.0. The van der Waals surface area contributed by atoms with Crippen molar-refractivity contribution in [1.82, 2.24) is 20.2 Å². The van der Waals surface area contributed by atoms with Gasteiger partial charge in [0.15, 0.2) is 0 Å². The summed E-state index contributed by atoms with van der Waals surface area (Å²) in [5, 5.41) is 22.8. The van der Waals surface area contributed by atoms with Crippen molar-refractivity contribution in [2.24, 2.45) is 12.1 Å². The van der Waals surface area contributed by atoms with Crippen LogP contribution in [0, 0.1) is 0 Å². The number of H-pyrrole nitrogens is 1. The number of hydrogen-bond acceptors (Lipinski definition) is 4. The molecule has 134 valence electrons. The number of carbonyl (C=O) groups is 1. The van der Waals surface area contributed by atoms with Crippen LogP contribution in [0.15, 0.2) is 65.9 Å². The Labute approximate surface area is 155 Å². The van der Waals surface area contributed by atoms with Crippen molar-refractivity contribution in [1.29, 1.82) is 0 Å². The number of nitrogens with zero attached hydrogens (tertiary/aromatic N) is 3. The average Bonchev–Trinajstić information content (AvgIpc) is 3.32. The number of amides is 1. The summed E-state index contributed by atoms with van der Waals surface area (Å²) < 4.78 is 1.92. The molecule has 0 saturated heterocycles. The molecule has 4 rings (SSSR count). The molecule has 0 bridgehead atoms. The number of phenols is 1. The van der Waals surface area contributed by atoms with E-state index in [9.17, 15) is 9.90 Å². The second-order valence-electron chi connectivity index (χ2n) is 6.09. The number of fused-ring (bicyclic) bond motifs is 1. The van der Waals surface area contributed by atoms with E-state index >= 15 is 0 Å². The molecule has 0 fully saturated rings. The summed E-state index contributed by atoms with van der Waals surface area (Å²) >= 11 is 0. The Hall–Kier alpha value is -3.87. The fourth-order valence-electron chi connectivity index (χ4n) is 2.93. The van der Waals surface area contributed by atoms with Crippen molar-refractivity contribution in [3.8, 4) is 17.1 Å². The van der Waals surface area contributed by atoms with Gasteiger partial charge in [-0.1, -0.05) is 30.3 Å². The van der Waals surface area contributed by atoms with Crippen LogP contribution in [0.1, 0.15) is 16.1 Å². The van der Waals surface area contributed by atoms with Gasteiger partial charge >= 0.3 is 0 Å². The van der Waals surface area contributed by atoms with Crippen LogP contribution in [0.4, 0.5) is 0 Å². The molecule has 0 spiro atoms.